The highest BCUT2D eigenvalue weighted by molar-refractivity contribution is 5.77. The van der Waals surface area contributed by atoms with Gasteiger partial charge in [-0.25, -0.2) is 4.39 Å². The predicted molar refractivity (Wildman–Crippen MR) is 90.1 cm³/mol. The Bertz CT molecular complexity index is 719. The molecule has 1 aliphatic rings. The van der Waals surface area contributed by atoms with Gasteiger partial charge in [0.1, 0.15) is 17.6 Å². The molecule has 1 saturated heterocycles. The average Bonchev–Trinajstić information content (AvgIpc) is 3.30. The lowest BCUT2D eigenvalue weighted by molar-refractivity contribution is -0.133. The fourth-order valence-electron chi connectivity index (χ4n) is 2.95. The lowest BCUT2D eigenvalue weighted by Gasteiger charge is -2.21. The zero-order valence-electron chi connectivity index (χ0n) is 14.7. The summed E-state index contributed by atoms with van der Waals surface area (Å²) < 4.78 is 28.7. The third-order valence-electron chi connectivity index (χ3n) is 4.27. The number of rotatable bonds is 8. The van der Waals surface area contributed by atoms with E-state index < -0.39 is 0 Å². The lowest BCUT2D eigenvalue weighted by atomic mass is 10.2. The summed E-state index contributed by atoms with van der Waals surface area (Å²) >= 11 is 0. The molecule has 1 aliphatic heterocycles. The number of carbonyl (C=O) groups is 1. The van der Waals surface area contributed by atoms with Crippen molar-refractivity contribution in [2.75, 3.05) is 26.9 Å². The Balaban J connectivity index is 1.53. The molecule has 3 rings (SSSR count). The molecular weight excluding hydrogens is 341 g/mol. The summed E-state index contributed by atoms with van der Waals surface area (Å²) in [6, 6.07) is 5.66. The summed E-state index contributed by atoms with van der Waals surface area (Å²) in [6.07, 6.45) is 2.53. The molecule has 2 heterocycles. The average molecular weight is 363 g/mol. The molecule has 0 radical (unpaired) electrons. The SMILES string of the molecule is COCCC(=O)N1CCCC1c1nc(CCOc2ccc(F)cc2)no1. The second-order valence-corrected chi connectivity index (χ2v) is 6.09. The number of hydrogen-bond acceptors (Lipinski definition) is 6. The van der Waals surface area contributed by atoms with E-state index in [0.29, 0.717) is 50.1 Å². The minimum Gasteiger partial charge on any atom is -0.493 e. The van der Waals surface area contributed by atoms with Crippen LogP contribution < -0.4 is 4.74 Å². The van der Waals surface area contributed by atoms with Gasteiger partial charge in [0.15, 0.2) is 5.82 Å². The second-order valence-electron chi connectivity index (χ2n) is 6.09. The summed E-state index contributed by atoms with van der Waals surface area (Å²) in [7, 11) is 1.58. The number of methoxy groups -OCH3 is 1. The molecular formula is C18H22FN3O4. The van der Waals surface area contributed by atoms with E-state index >= 15 is 0 Å². The van der Waals surface area contributed by atoms with Gasteiger partial charge in [-0.2, -0.15) is 4.98 Å². The van der Waals surface area contributed by atoms with Crippen LogP contribution in [0.15, 0.2) is 28.8 Å². The molecule has 0 spiro atoms. The molecule has 1 aromatic carbocycles. The van der Waals surface area contributed by atoms with Crippen molar-refractivity contribution in [2.24, 2.45) is 0 Å². The van der Waals surface area contributed by atoms with Crippen molar-refractivity contribution in [3.63, 3.8) is 0 Å². The molecule has 1 unspecified atom stereocenters. The van der Waals surface area contributed by atoms with E-state index in [0.717, 1.165) is 12.8 Å². The van der Waals surface area contributed by atoms with Crippen LogP contribution in [0.3, 0.4) is 0 Å². The zero-order valence-corrected chi connectivity index (χ0v) is 14.7. The molecule has 26 heavy (non-hydrogen) atoms. The molecule has 140 valence electrons. The summed E-state index contributed by atoms with van der Waals surface area (Å²) in [4.78, 5) is 18.4. The highest BCUT2D eigenvalue weighted by Gasteiger charge is 2.33. The number of benzene rings is 1. The van der Waals surface area contributed by atoms with Crippen molar-refractivity contribution >= 4 is 5.91 Å². The van der Waals surface area contributed by atoms with E-state index in [9.17, 15) is 9.18 Å². The first-order valence-corrected chi connectivity index (χ1v) is 8.66. The number of nitrogens with zero attached hydrogens (tertiary/aromatic N) is 3. The van der Waals surface area contributed by atoms with Crippen molar-refractivity contribution in [3.05, 3.63) is 41.8 Å². The largest absolute Gasteiger partial charge is 0.493 e. The molecule has 8 heteroatoms. The van der Waals surface area contributed by atoms with E-state index in [1.807, 2.05) is 0 Å². The second kappa shape index (κ2) is 8.75. The maximum Gasteiger partial charge on any atom is 0.249 e. The smallest absolute Gasteiger partial charge is 0.249 e. The molecule has 0 saturated carbocycles. The van der Waals surface area contributed by atoms with Gasteiger partial charge in [0.25, 0.3) is 0 Å². The number of likely N-dealkylation sites (tertiary alicyclic amines) is 1. The van der Waals surface area contributed by atoms with Gasteiger partial charge in [-0.05, 0) is 37.1 Å². The third kappa shape index (κ3) is 4.57. The Morgan fingerprint density at radius 2 is 2.15 bits per heavy atom. The van der Waals surface area contributed by atoms with Gasteiger partial charge in [0.2, 0.25) is 11.8 Å². The number of halogens is 1. The minimum atomic E-state index is -0.304. The Hall–Kier alpha value is -2.48. The third-order valence-corrected chi connectivity index (χ3v) is 4.27. The first-order valence-electron chi connectivity index (χ1n) is 8.66. The lowest BCUT2D eigenvalue weighted by Crippen LogP contribution is -2.31. The Labute approximate surface area is 151 Å². The van der Waals surface area contributed by atoms with E-state index in [2.05, 4.69) is 10.1 Å². The van der Waals surface area contributed by atoms with Crippen LogP contribution >= 0.6 is 0 Å². The van der Waals surface area contributed by atoms with Gasteiger partial charge < -0.3 is 18.9 Å². The van der Waals surface area contributed by atoms with Crippen molar-refractivity contribution in [3.8, 4) is 5.75 Å². The molecule has 1 amide bonds. The molecule has 1 atom stereocenters. The van der Waals surface area contributed by atoms with Crippen LogP contribution in [0.5, 0.6) is 5.75 Å². The first-order chi connectivity index (χ1) is 12.7. The van der Waals surface area contributed by atoms with E-state index in [1.165, 1.54) is 12.1 Å². The van der Waals surface area contributed by atoms with Crippen LogP contribution in [-0.2, 0) is 16.0 Å². The molecule has 1 aromatic heterocycles. The predicted octanol–water partition coefficient (Wildman–Crippen LogP) is 2.53. The van der Waals surface area contributed by atoms with Gasteiger partial charge in [-0.3, -0.25) is 4.79 Å². The van der Waals surface area contributed by atoms with Crippen LogP contribution in [0.1, 0.15) is 37.0 Å². The number of carbonyl (C=O) groups excluding carboxylic acids is 1. The number of ether oxygens (including phenoxy) is 2. The van der Waals surface area contributed by atoms with Crippen LogP contribution in [-0.4, -0.2) is 47.8 Å². The number of amides is 1. The van der Waals surface area contributed by atoms with Gasteiger partial charge in [0, 0.05) is 20.1 Å². The highest BCUT2D eigenvalue weighted by Crippen LogP contribution is 2.31. The normalized spacial score (nSPS) is 16.8. The monoisotopic (exact) mass is 363 g/mol. The first kappa shape index (κ1) is 18.3. The van der Waals surface area contributed by atoms with Crippen LogP contribution in [0.2, 0.25) is 0 Å². The number of aromatic nitrogens is 2. The topological polar surface area (TPSA) is 77.7 Å². The summed E-state index contributed by atoms with van der Waals surface area (Å²) in [6.45, 7) is 1.45. The Morgan fingerprint density at radius 3 is 2.92 bits per heavy atom. The van der Waals surface area contributed by atoms with E-state index in [-0.39, 0.29) is 17.8 Å². The van der Waals surface area contributed by atoms with Crippen LogP contribution in [0.4, 0.5) is 4.39 Å². The maximum absolute atomic E-state index is 12.9. The van der Waals surface area contributed by atoms with Crippen LogP contribution in [0, 0.1) is 5.82 Å². The summed E-state index contributed by atoms with van der Waals surface area (Å²) in [5.41, 5.74) is 0. The minimum absolute atomic E-state index is 0.0359. The zero-order chi connectivity index (χ0) is 18.4. The van der Waals surface area contributed by atoms with Gasteiger partial charge in [0.05, 0.1) is 19.6 Å². The van der Waals surface area contributed by atoms with Gasteiger partial charge in [-0.15, -0.1) is 0 Å². The van der Waals surface area contributed by atoms with Crippen molar-refractivity contribution in [1.29, 1.82) is 0 Å². The molecule has 7 nitrogen and oxygen atoms in total. The highest BCUT2D eigenvalue weighted by atomic mass is 19.1. The number of hydrogen-bond donors (Lipinski definition) is 0. The molecule has 0 N–H and O–H groups in total. The Morgan fingerprint density at radius 1 is 1.35 bits per heavy atom. The van der Waals surface area contributed by atoms with Crippen LogP contribution in [0.25, 0.3) is 0 Å². The van der Waals surface area contributed by atoms with Gasteiger partial charge in [-0.1, -0.05) is 5.16 Å². The molecule has 1 fully saturated rings. The standard InChI is InChI=1S/C18H22FN3O4/c1-24-11-9-17(23)22-10-2-3-15(22)18-20-16(21-26-18)8-12-25-14-6-4-13(19)5-7-14/h4-7,15H,2-3,8-12H2,1H3. The van der Waals surface area contributed by atoms with Gasteiger partial charge >= 0.3 is 0 Å². The quantitative estimate of drug-likeness (QED) is 0.717. The van der Waals surface area contributed by atoms with Crippen molar-refractivity contribution < 1.29 is 23.2 Å². The van der Waals surface area contributed by atoms with Crippen molar-refractivity contribution in [1.82, 2.24) is 15.0 Å². The summed E-state index contributed by atoms with van der Waals surface area (Å²) in [5, 5.41) is 3.97. The molecule has 0 aliphatic carbocycles. The summed E-state index contributed by atoms with van der Waals surface area (Å²) in [5.74, 6) is 1.30. The molecule has 0 bridgehead atoms. The fraction of sp³-hybridized carbons (Fsp3) is 0.500. The fourth-order valence-corrected chi connectivity index (χ4v) is 2.95. The van der Waals surface area contributed by atoms with E-state index in [4.69, 9.17) is 14.0 Å². The van der Waals surface area contributed by atoms with Crippen molar-refractivity contribution in [2.45, 2.75) is 31.7 Å². The Kier molecular flexibility index (Phi) is 6.17. The maximum atomic E-state index is 12.9. The van der Waals surface area contributed by atoms with E-state index in [1.54, 1.807) is 24.1 Å². The molecule has 2 aromatic rings.